The van der Waals surface area contributed by atoms with Gasteiger partial charge in [-0.3, -0.25) is 0 Å². The monoisotopic (exact) mass is 221 g/mol. The number of nitrogens with one attached hydrogen (secondary N) is 1. The van der Waals surface area contributed by atoms with Crippen LogP contribution in [-0.4, -0.2) is 12.6 Å². The molecule has 92 valence electrons. The minimum atomic E-state index is 0.577. The average Bonchev–Trinajstić information content (AvgIpc) is 3.02. The van der Waals surface area contributed by atoms with E-state index < -0.39 is 0 Å². The highest BCUT2D eigenvalue weighted by atomic mass is 15.0. The van der Waals surface area contributed by atoms with Crippen LogP contribution in [0.3, 0.4) is 0 Å². The summed E-state index contributed by atoms with van der Waals surface area (Å²) < 4.78 is 0. The molecular weight excluding hydrogens is 194 g/mol. The van der Waals surface area contributed by atoms with E-state index in [1.165, 1.54) is 45.1 Å². The van der Waals surface area contributed by atoms with E-state index in [9.17, 15) is 0 Å². The fraction of sp³-hybridized carbons (Fsp3) is 1.00. The van der Waals surface area contributed by atoms with E-state index >= 15 is 0 Å². The third-order valence-electron chi connectivity index (χ3n) is 5.39. The molecular formula is C15H27N. The first-order valence-electron chi connectivity index (χ1n) is 7.24. The van der Waals surface area contributed by atoms with E-state index in [1.54, 1.807) is 0 Å². The summed E-state index contributed by atoms with van der Waals surface area (Å²) in [6.07, 6.45) is 8.85. The predicted molar refractivity (Wildman–Crippen MR) is 68.4 cm³/mol. The zero-order valence-corrected chi connectivity index (χ0v) is 11.2. The molecule has 2 atom stereocenters. The van der Waals surface area contributed by atoms with E-state index in [0.717, 1.165) is 23.3 Å². The zero-order chi connectivity index (χ0) is 11.4. The van der Waals surface area contributed by atoms with Crippen molar-refractivity contribution in [3.63, 3.8) is 0 Å². The Morgan fingerprint density at radius 2 is 1.81 bits per heavy atom. The van der Waals surface area contributed by atoms with Crippen LogP contribution < -0.4 is 5.32 Å². The molecule has 2 unspecified atom stereocenters. The van der Waals surface area contributed by atoms with Crippen LogP contribution in [0.5, 0.6) is 0 Å². The first-order valence-corrected chi connectivity index (χ1v) is 7.24. The van der Waals surface area contributed by atoms with Gasteiger partial charge in [-0.05, 0) is 61.2 Å². The highest BCUT2D eigenvalue weighted by Crippen LogP contribution is 2.61. The Bertz CT molecular complexity index is 273. The highest BCUT2D eigenvalue weighted by Gasteiger charge is 2.53. The minimum absolute atomic E-state index is 0.577. The fourth-order valence-electron chi connectivity index (χ4n) is 4.09. The predicted octanol–water partition coefficient (Wildman–Crippen LogP) is 3.59. The van der Waals surface area contributed by atoms with E-state index in [4.69, 9.17) is 0 Å². The van der Waals surface area contributed by atoms with Crippen LogP contribution in [-0.2, 0) is 0 Å². The lowest BCUT2D eigenvalue weighted by atomic mass is 9.91. The number of hydrogen-bond donors (Lipinski definition) is 1. The van der Waals surface area contributed by atoms with Gasteiger partial charge in [-0.2, -0.15) is 0 Å². The van der Waals surface area contributed by atoms with Crippen LogP contribution in [0.2, 0.25) is 0 Å². The molecule has 0 aromatic rings. The molecule has 3 fully saturated rings. The van der Waals surface area contributed by atoms with Gasteiger partial charge in [0, 0.05) is 12.6 Å². The van der Waals surface area contributed by atoms with Gasteiger partial charge in [0.1, 0.15) is 0 Å². The van der Waals surface area contributed by atoms with Gasteiger partial charge in [0.25, 0.3) is 0 Å². The molecule has 1 heteroatoms. The number of hydrogen-bond acceptors (Lipinski definition) is 1. The van der Waals surface area contributed by atoms with Crippen LogP contribution in [0.1, 0.15) is 59.3 Å². The SMILES string of the molecule is CC1CC(C)(C)CC1NCC1(C2CC2)CC1. The summed E-state index contributed by atoms with van der Waals surface area (Å²) in [6, 6.07) is 0.797. The van der Waals surface area contributed by atoms with Crippen molar-refractivity contribution in [1.29, 1.82) is 0 Å². The Morgan fingerprint density at radius 1 is 1.12 bits per heavy atom. The second kappa shape index (κ2) is 3.48. The zero-order valence-electron chi connectivity index (χ0n) is 11.2. The second-order valence-electron chi connectivity index (χ2n) is 7.67. The van der Waals surface area contributed by atoms with Crippen molar-refractivity contribution in [2.75, 3.05) is 6.54 Å². The van der Waals surface area contributed by atoms with Gasteiger partial charge in [-0.25, -0.2) is 0 Å². The molecule has 1 N–H and O–H groups in total. The molecule has 0 radical (unpaired) electrons. The molecule has 0 aromatic carbocycles. The second-order valence-corrected chi connectivity index (χ2v) is 7.67. The lowest BCUT2D eigenvalue weighted by Gasteiger charge is -2.22. The lowest BCUT2D eigenvalue weighted by Crippen LogP contribution is -2.36. The largest absolute Gasteiger partial charge is 0.313 e. The van der Waals surface area contributed by atoms with E-state index in [1.807, 2.05) is 0 Å². The molecule has 3 aliphatic carbocycles. The van der Waals surface area contributed by atoms with E-state index in [-0.39, 0.29) is 0 Å². The maximum atomic E-state index is 3.91. The summed E-state index contributed by atoms with van der Waals surface area (Å²) in [5.74, 6) is 1.98. The first-order chi connectivity index (χ1) is 7.51. The van der Waals surface area contributed by atoms with Crippen molar-refractivity contribution in [3.05, 3.63) is 0 Å². The van der Waals surface area contributed by atoms with Gasteiger partial charge in [0.2, 0.25) is 0 Å². The lowest BCUT2D eigenvalue weighted by molar-refractivity contribution is 0.334. The molecule has 0 heterocycles. The Kier molecular flexibility index (Phi) is 2.41. The van der Waals surface area contributed by atoms with Gasteiger partial charge >= 0.3 is 0 Å². The molecule has 3 saturated carbocycles. The average molecular weight is 221 g/mol. The van der Waals surface area contributed by atoms with Gasteiger partial charge < -0.3 is 5.32 Å². The summed E-state index contributed by atoms with van der Waals surface area (Å²) >= 11 is 0. The topological polar surface area (TPSA) is 12.0 Å². The van der Waals surface area contributed by atoms with Crippen LogP contribution in [0.25, 0.3) is 0 Å². The van der Waals surface area contributed by atoms with Crippen LogP contribution >= 0.6 is 0 Å². The summed E-state index contributed by atoms with van der Waals surface area (Å²) in [4.78, 5) is 0. The van der Waals surface area contributed by atoms with Gasteiger partial charge in [0.15, 0.2) is 0 Å². The maximum absolute atomic E-state index is 3.91. The van der Waals surface area contributed by atoms with Crippen molar-refractivity contribution in [1.82, 2.24) is 5.32 Å². The van der Waals surface area contributed by atoms with Crippen molar-refractivity contribution in [2.24, 2.45) is 22.7 Å². The number of rotatable bonds is 4. The Morgan fingerprint density at radius 3 is 2.25 bits per heavy atom. The van der Waals surface area contributed by atoms with Gasteiger partial charge in [-0.15, -0.1) is 0 Å². The maximum Gasteiger partial charge on any atom is 0.00982 e. The molecule has 3 rings (SSSR count). The van der Waals surface area contributed by atoms with E-state index in [0.29, 0.717) is 5.41 Å². The molecule has 0 spiro atoms. The highest BCUT2D eigenvalue weighted by molar-refractivity contribution is 5.06. The third kappa shape index (κ3) is 2.03. The van der Waals surface area contributed by atoms with Crippen molar-refractivity contribution in [3.8, 4) is 0 Å². The smallest absolute Gasteiger partial charge is 0.00982 e. The molecule has 0 saturated heterocycles. The molecule has 0 aliphatic heterocycles. The van der Waals surface area contributed by atoms with Crippen molar-refractivity contribution >= 4 is 0 Å². The summed E-state index contributed by atoms with van der Waals surface area (Å²) in [7, 11) is 0. The Balaban J connectivity index is 1.52. The Hall–Kier alpha value is -0.0400. The fourth-order valence-corrected chi connectivity index (χ4v) is 4.09. The van der Waals surface area contributed by atoms with Gasteiger partial charge in [0.05, 0.1) is 0 Å². The van der Waals surface area contributed by atoms with Crippen LogP contribution in [0.15, 0.2) is 0 Å². The Labute approximate surface area is 100 Å². The summed E-state index contributed by atoms with van der Waals surface area (Å²) in [5, 5.41) is 3.91. The normalized spacial score (nSPS) is 39.9. The quantitative estimate of drug-likeness (QED) is 0.765. The van der Waals surface area contributed by atoms with Crippen LogP contribution in [0.4, 0.5) is 0 Å². The molecule has 0 amide bonds. The van der Waals surface area contributed by atoms with Crippen molar-refractivity contribution < 1.29 is 0 Å². The molecule has 16 heavy (non-hydrogen) atoms. The van der Waals surface area contributed by atoms with Crippen molar-refractivity contribution in [2.45, 2.75) is 65.3 Å². The standard InChI is InChI=1S/C15H27N/c1-11-8-14(2,3)9-13(11)16-10-15(6-7-15)12-4-5-12/h11-13,16H,4-10H2,1-3H3. The molecule has 0 aromatic heterocycles. The third-order valence-corrected chi connectivity index (χ3v) is 5.39. The van der Waals surface area contributed by atoms with Gasteiger partial charge in [-0.1, -0.05) is 20.8 Å². The molecule has 3 aliphatic rings. The van der Waals surface area contributed by atoms with E-state index in [2.05, 4.69) is 26.1 Å². The first kappa shape index (κ1) is 11.1. The summed E-state index contributed by atoms with van der Waals surface area (Å²) in [5.41, 5.74) is 1.35. The summed E-state index contributed by atoms with van der Waals surface area (Å²) in [6.45, 7) is 8.61. The molecule has 0 bridgehead atoms. The minimum Gasteiger partial charge on any atom is -0.313 e. The molecule has 1 nitrogen and oxygen atoms in total. The van der Waals surface area contributed by atoms with Crippen LogP contribution in [0, 0.1) is 22.7 Å².